The minimum absolute atomic E-state index is 0.160. The van der Waals surface area contributed by atoms with Gasteiger partial charge in [-0.2, -0.15) is 13.2 Å². The predicted molar refractivity (Wildman–Crippen MR) is 56.7 cm³/mol. The molecule has 0 fully saturated rings. The number of fused-ring (bicyclic) bond motifs is 1. The number of aliphatic hydroxyl groups is 1. The topological polar surface area (TPSA) is 38.0 Å². The molecule has 3 nitrogen and oxygen atoms in total. The maximum absolute atomic E-state index is 12.6. The Morgan fingerprint density at radius 1 is 1.41 bits per heavy atom. The monoisotopic (exact) mass is 264 g/mol. The van der Waals surface area contributed by atoms with Gasteiger partial charge in [0.1, 0.15) is 6.73 Å². The van der Waals surface area contributed by atoms with Gasteiger partial charge in [0.2, 0.25) is 5.82 Å². The van der Waals surface area contributed by atoms with Crippen LogP contribution >= 0.6 is 11.6 Å². The molecule has 0 aliphatic rings. The van der Waals surface area contributed by atoms with Crippen LogP contribution in [0, 0.1) is 6.92 Å². The molecule has 0 atom stereocenters. The summed E-state index contributed by atoms with van der Waals surface area (Å²) in [7, 11) is 0. The number of benzene rings is 1. The molecule has 0 unspecified atom stereocenters. The van der Waals surface area contributed by atoms with Crippen molar-refractivity contribution in [1.29, 1.82) is 0 Å². The summed E-state index contributed by atoms with van der Waals surface area (Å²) in [4.78, 5) is 3.48. The molecule has 0 spiro atoms. The van der Waals surface area contributed by atoms with Gasteiger partial charge in [0.25, 0.3) is 0 Å². The summed E-state index contributed by atoms with van der Waals surface area (Å²) in [6.07, 6.45) is -4.61. The van der Waals surface area contributed by atoms with E-state index in [1.54, 1.807) is 6.92 Å². The van der Waals surface area contributed by atoms with Crippen LogP contribution in [0.15, 0.2) is 12.1 Å². The van der Waals surface area contributed by atoms with Gasteiger partial charge < -0.3 is 5.11 Å². The highest BCUT2D eigenvalue weighted by Crippen LogP contribution is 2.32. The van der Waals surface area contributed by atoms with Gasteiger partial charge >= 0.3 is 6.18 Å². The van der Waals surface area contributed by atoms with Gasteiger partial charge in [-0.1, -0.05) is 11.6 Å². The van der Waals surface area contributed by atoms with Crippen LogP contribution in [-0.4, -0.2) is 14.7 Å². The van der Waals surface area contributed by atoms with Crippen molar-refractivity contribution in [2.24, 2.45) is 0 Å². The lowest BCUT2D eigenvalue weighted by atomic mass is 10.2. The van der Waals surface area contributed by atoms with Crippen LogP contribution in [0.4, 0.5) is 13.2 Å². The van der Waals surface area contributed by atoms with E-state index in [0.717, 1.165) is 0 Å². The third-order valence-corrected chi connectivity index (χ3v) is 2.83. The van der Waals surface area contributed by atoms with Gasteiger partial charge in [0.15, 0.2) is 0 Å². The summed E-state index contributed by atoms with van der Waals surface area (Å²) in [6, 6.07) is 2.82. The standard InChI is InChI=1S/C10H8ClF3N2O/c1-5-2-7-8(3-6(5)11)16(4-17)9(15-7)10(12,13)14/h2-3,17H,4H2,1H3. The maximum atomic E-state index is 12.6. The minimum atomic E-state index is -4.61. The van der Waals surface area contributed by atoms with Crippen LogP contribution in [0.3, 0.4) is 0 Å². The van der Waals surface area contributed by atoms with Crippen molar-refractivity contribution in [3.05, 3.63) is 28.5 Å². The fraction of sp³-hybridized carbons (Fsp3) is 0.300. The van der Waals surface area contributed by atoms with Crippen molar-refractivity contribution in [3.63, 3.8) is 0 Å². The van der Waals surface area contributed by atoms with Crippen molar-refractivity contribution in [3.8, 4) is 0 Å². The van der Waals surface area contributed by atoms with Gasteiger partial charge in [-0.3, -0.25) is 4.57 Å². The molecule has 1 aromatic carbocycles. The molecule has 1 aromatic heterocycles. The number of aromatic nitrogens is 2. The van der Waals surface area contributed by atoms with Gasteiger partial charge in [0.05, 0.1) is 11.0 Å². The molecule has 0 saturated carbocycles. The molecule has 1 N–H and O–H groups in total. The van der Waals surface area contributed by atoms with E-state index in [-0.39, 0.29) is 11.0 Å². The van der Waals surface area contributed by atoms with Gasteiger partial charge in [-0.15, -0.1) is 0 Å². The fourth-order valence-electron chi connectivity index (χ4n) is 1.61. The molecule has 92 valence electrons. The lowest BCUT2D eigenvalue weighted by Gasteiger charge is -2.08. The first kappa shape index (κ1) is 12.2. The molecule has 0 radical (unpaired) electrons. The quantitative estimate of drug-likeness (QED) is 0.860. The van der Waals surface area contributed by atoms with E-state index >= 15 is 0 Å². The van der Waals surface area contributed by atoms with Crippen LogP contribution in [0.1, 0.15) is 11.4 Å². The SMILES string of the molecule is Cc1cc2nc(C(F)(F)F)n(CO)c2cc1Cl. The third-order valence-electron chi connectivity index (χ3n) is 2.42. The Kier molecular flexibility index (Phi) is 2.79. The lowest BCUT2D eigenvalue weighted by Crippen LogP contribution is -2.14. The number of aryl methyl sites for hydroxylation is 1. The molecule has 0 aliphatic carbocycles. The van der Waals surface area contributed by atoms with Crippen molar-refractivity contribution in [2.75, 3.05) is 0 Å². The first-order chi connectivity index (χ1) is 7.84. The molecule has 0 aliphatic heterocycles. The molecular formula is C10H8ClF3N2O. The van der Waals surface area contributed by atoms with Crippen molar-refractivity contribution < 1.29 is 18.3 Å². The van der Waals surface area contributed by atoms with Gasteiger partial charge in [-0.25, -0.2) is 4.98 Å². The number of rotatable bonds is 1. The summed E-state index contributed by atoms with van der Waals surface area (Å²) in [5.41, 5.74) is 0.958. The Labute approximate surface area is 99.4 Å². The summed E-state index contributed by atoms with van der Waals surface area (Å²) < 4.78 is 38.6. The average Bonchev–Trinajstić information content (AvgIpc) is 2.56. The van der Waals surface area contributed by atoms with E-state index in [4.69, 9.17) is 16.7 Å². The second-order valence-corrected chi connectivity index (χ2v) is 4.00. The van der Waals surface area contributed by atoms with Gasteiger partial charge in [0, 0.05) is 5.02 Å². The molecule has 17 heavy (non-hydrogen) atoms. The molecule has 0 saturated heterocycles. The number of hydrogen-bond donors (Lipinski definition) is 1. The zero-order chi connectivity index (χ0) is 12.8. The maximum Gasteiger partial charge on any atom is 0.449 e. The van der Waals surface area contributed by atoms with E-state index in [0.29, 0.717) is 15.2 Å². The second kappa shape index (κ2) is 3.89. The highest BCUT2D eigenvalue weighted by molar-refractivity contribution is 6.32. The number of aliphatic hydroxyl groups excluding tert-OH is 1. The van der Waals surface area contributed by atoms with Crippen LogP contribution in [0.5, 0.6) is 0 Å². The molecule has 1 heterocycles. The largest absolute Gasteiger partial charge is 0.449 e. The van der Waals surface area contributed by atoms with Crippen LogP contribution < -0.4 is 0 Å². The summed E-state index contributed by atoms with van der Waals surface area (Å²) in [5, 5.41) is 9.34. The lowest BCUT2D eigenvalue weighted by molar-refractivity contribution is -0.148. The molecule has 0 amide bonds. The predicted octanol–water partition coefficient (Wildman–Crippen LogP) is 2.97. The molecule has 2 rings (SSSR count). The number of alkyl halides is 3. The average molecular weight is 265 g/mol. The Hall–Kier alpha value is -1.27. The van der Waals surface area contributed by atoms with E-state index in [1.165, 1.54) is 12.1 Å². The van der Waals surface area contributed by atoms with Crippen LogP contribution in [0.2, 0.25) is 5.02 Å². The minimum Gasteiger partial charge on any atom is -0.376 e. The molecule has 2 aromatic rings. The Morgan fingerprint density at radius 2 is 2.06 bits per heavy atom. The highest BCUT2D eigenvalue weighted by Gasteiger charge is 2.37. The summed E-state index contributed by atoms with van der Waals surface area (Å²) in [5.74, 6) is -1.13. The zero-order valence-electron chi connectivity index (χ0n) is 8.72. The van der Waals surface area contributed by atoms with Crippen LogP contribution in [-0.2, 0) is 12.9 Å². The zero-order valence-corrected chi connectivity index (χ0v) is 9.47. The first-order valence-electron chi connectivity index (χ1n) is 4.69. The summed E-state index contributed by atoms with van der Waals surface area (Å²) >= 11 is 5.84. The summed E-state index contributed by atoms with van der Waals surface area (Å²) in [6.45, 7) is 0.873. The van der Waals surface area contributed by atoms with E-state index in [9.17, 15) is 13.2 Å². The van der Waals surface area contributed by atoms with Crippen molar-refractivity contribution in [2.45, 2.75) is 19.8 Å². The fourth-order valence-corrected chi connectivity index (χ4v) is 1.77. The number of hydrogen-bond acceptors (Lipinski definition) is 2. The Bertz CT molecular complexity index is 577. The van der Waals surface area contributed by atoms with E-state index in [2.05, 4.69) is 4.98 Å². The number of halogens is 4. The Balaban J connectivity index is 2.80. The smallest absolute Gasteiger partial charge is 0.376 e. The number of imidazole rings is 1. The van der Waals surface area contributed by atoms with Crippen molar-refractivity contribution in [1.82, 2.24) is 9.55 Å². The van der Waals surface area contributed by atoms with E-state index < -0.39 is 18.7 Å². The third kappa shape index (κ3) is 1.98. The normalized spacial score (nSPS) is 12.4. The molecule has 7 heteroatoms. The second-order valence-electron chi connectivity index (χ2n) is 3.59. The van der Waals surface area contributed by atoms with Crippen LogP contribution in [0.25, 0.3) is 11.0 Å². The molecular weight excluding hydrogens is 257 g/mol. The van der Waals surface area contributed by atoms with Gasteiger partial charge in [-0.05, 0) is 24.6 Å². The Morgan fingerprint density at radius 3 is 2.59 bits per heavy atom. The number of nitrogens with zero attached hydrogens (tertiary/aromatic N) is 2. The first-order valence-corrected chi connectivity index (χ1v) is 5.07. The van der Waals surface area contributed by atoms with E-state index in [1.807, 2.05) is 0 Å². The van der Waals surface area contributed by atoms with Crippen molar-refractivity contribution >= 4 is 22.6 Å². The molecule has 0 bridgehead atoms. The highest BCUT2D eigenvalue weighted by atomic mass is 35.5.